The number of aromatic nitrogens is 2. The highest BCUT2D eigenvalue weighted by Crippen LogP contribution is 2.26. The van der Waals surface area contributed by atoms with Crippen LogP contribution in [0.2, 0.25) is 0 Å². The van der Waals surface area contributed by atoms with Crippen molar-refractivity contribution in [3.8, 4) is 5.75 Å². The Balaban J connectivity index is 1.82. The maximum absolute atomic E-state index is 10.0. The van der Waals surface area contributed by atoms with Crippen LogP contribution in [0.4, 0.5) is 0 Å². The second-order valence-corrected chi connectivity index (χ2v) is 6.72. The molecule has 3 nitrogen and oxygen atoms in total. The summed E-state index contributed by atoms with van der Waals surface area (Å²) < 4.78 is 2.21. The van der Waals surface area contributed by atoms with Crippen LogP contribution < -0.4 is 4.57 Å². The van der Waals surface area contributed by atoms with Crippen LogP contribution >= 0.6 is 0 Å². The number of hydrogen-bond acceptors (Lipinski definition) is 2. The first-order valence-electron chi connectivity index (χ1n) is 8.69. The Labute approximate surface area is 152 Å². The number of benzene rings is 2. The molecule has 0 radical (unpaired) electrons. The molecule has 0 aliphatic heterocycles. The van der Waals surface area contributed by atoms with Crippen molar-refractivity contribution in [1.29, 1.82) is 0 Å². The van der Waals surface area contributed by atoms with Gasteiger partial charge in [0.25, 0.3) is 0 Å². The van der Waals surface area contributed by atoms with E-state index >= 15 is 0 Å². The molecule has 0 aliphatic rings. The molecule has 0 saturated carbocycles. The third kappa shape index (κ3) is 2.72. The van der Waals surface area contributed by atoms with E-state index in [0.717, 1.165) is 16.6 Å². The third-order valence-corrected chi connectivity index (χ3v) is 5.04. The quantitative estimate of drug-likeness (QED) is 0.536. The SMILES string of the molecule is Cc1cc2ccc(C=Cc3ccnc4c(O)cccc34)[n+](C)c2cc1C. The number of aryl methyl sites for hydroxylation is 3. The van der Waals surface area contributed by atoms with Gasteiger partial charge in [-0.1, -0.05) is 12.1 Å². The third-order valence-electron chi connectivity index (χ3n) is 5.04. The summed E-state index contributed by atoms with van der Waals surface area (Å²) in [6.45, 7) is 4.29. The standard InChI is InChI=1S/C23H20N2O/c1-15-13-18-8-10-19(25(3)21(18)14-16(15)2)9-7-17-11-12-24-23-20(17)5-4-6-22(23)26/h4-14H,1-3H3/p+1. The first kappa shape index (κ1) is 16.3. The molecule has 0 unspecified atom stereocenters. The fourth-order valence-corrected chi connectivity index (χ4v) is 3.34. The number of nitrogens with zero attached hydrogens (tertiary/aromatic N) is 2. The molecular weight excluding hydrogens is 320 g/mol. The lowest BCUT2D eigenvalue weighted by atomic mass is 10.0. The van der Waals surface area contributed by atoms with Crippen LogP contribution in [0.25, 0.3) is 34.0 Å². The molecule has 0 fully saturated rings. The summed E-state index contributed by atoms with van der Waals surface area (Å²) in [5.41, 5.74) is 6.60. The summed E-state index contributed by atoms with van der Waals surface area (Å²) >= 11 is 0. The van der Waals surface area contributed by atoms with Gasteiger partial charge in [0.1, 0.15) is 18.3 Å². The van der Waals surface area contributed by atoms with E-state index in [1.54, 1.807) is 12.3 Å². The molecule has 128 valence electrons. The monoisotopic (exact) mass is 341 g/mol. The highest BCUT2D eigenvalue weighted by atomic mass is 16.3. The fraction of sp³-hybridized carbons (Fsp3) is 0.130. The number of para-hydroxylation sites is 1. The first-order chi connectivity index (χ1) is 12.5. The topological polar surface area (TPSA) is 37.0 Å². The molecule has 2 aromatic carbocycles. The van der Waals surface area contributed by atoms with E-state index < -0.39 is 0 Å². The van der Waals surface area contributed by atoms with E-state index in [-0.39, 0.29) is 5.75 Å². The molecule has 0 saturated heterocycles. The number of rotatable bonds is 2. The molecular formula is C23H21N2O+. The van der Waals surface area contributed by atoms with Crippen molar-refractivity contribution in [2.24, 2.45) is 7.05 Å². The average molecular weight is 341 g/mol. The Morgan fingerprint density at radius 2 is 1.77 bits per heavy atom. The van der Waals surface area contributed by atoms with Crippen LogP contribution in [-0.4, -0.2) is 10.1 Å². The predicted octanol–water partition coefficient (Wildman–Crippen LogP) is 4.71. The highest BCUT2D eigenvalue weighted by molar-refractivity contribution is 5.93. The maximum atomic E-state index is 10.0. The zero-order chi connectivity index (χ0) is 18.3. The van der Waals surface area contributed by atoms with Gasteiger partial charge in [0.05, 0.1) is 0 Å². The number of phenolic OH excluding ortho intramolecular Hbond substituents is 1. The second kappa shape index (κ2) is 6.26. The second-order valence-electron chi connectivity index (χ2n) is 6.72. The van der Waals surface area contributed by atoms with Crippen molar-refractivity contribution in [1.82, 2.24) is 4.98 Å². The normalized spacial score (nSPS) is 11.7. The maximum Gasteiger partial charge on any atom is 0.213 e. The zero-order valence-electron chi connectivity index (χ0n) is 15.2. The van der Waals surface area contributed by atoms with E-state index in [4.69, 9.17) is 0 Å². The van der Waals surface area contributed by atoms with Gasteiger partial charge in [0, 0.05) is 35.2 Å². The highest BCUT2D eigenvalue weighted by Gasteiger charge is 2.11. The van der Waals surface area contributed by atoms with E-state index in [0.29, 0.717) is 5.52 Å². The molecule has 0 spiro atoms. The Hall–Kier alpha value is -3.20. The number of aromatic hydroxyl groups is 1. The minimum absolute atomic E-state index is 0.208. The van der Waals surface area contributed by atoms with Gasteiger partial charge in [-0.3, -0.25) is 4.98 Å². The molecule has 0 amide bonds. The van der Waals surface area contributed by atoms with Crippen molar-refractivity contribution in [3.05, 3.63) is 77.1 Å². The molecule has 0 bridgehead atoms. The molecule has 3 heteroatoms. The van der Waals surface area contributed by atoms with Gasteiger partial charge in [-0.05, 0) is 60.9 Å². The summed E-state index contributed by atoms with van der Waals surface area (Å²) in [4.78, 5) is 4.28. The fourth-order valence-electron chi connectivity index (χ4n) is 3.34. The molecule has 4 aromatic rings. The van der Waals surface area contributed by atoms with Crippen LogP contribution in [-0.2, 0) is 7.05 Å². The Kier molecular flexibility index (Phi) is 3.92. The minimum atomic E-state index is 0.208. The summed E-state index contributed by atoms with van der Waals surface area (Å²) in [5.74, 6) is 0.208. The minimum Gasteiger partial charge on any atom is -0.506 e. The van der Waals surface area contributed by atoms with Crippen molar-refractivity contribution < 1.29 is 9.67 Å². The molecule has 2 aromatic heterocycles. The summed E-state index contributed by atoms with van der Waals surface area (Å²) in [5, 5.41) is 12.2. The van der Waals surface area contributed by atoms with Crippen molar-refractivity contribution in [2.75, 3.05) is 0 Å². The van der Waals surface area contributed by atoms with Gasteiger partial charge in [-0.25, -0.2) is 0 Å². The molecule has 0 aliphatic carbocycles. The Bertz CT molecular complexity index is 1180. The molecule has 26 heavy (non-hydrogen) atoms. The Morgan fingerprint density at radius 1 is 0.962 bits per heavy atom. The number of fused-ring (bicyclic) bond motifs is 2. The van der Waals surface area contributed by atoms with Crippen LogP contribution in [0.1, 0.15) is 22.4 Å². The smallest absolute Gasteiger partial charge is 0.213 e. The van der Waals surface area contributed by atoms with Crippen LogP contribution in [0, 0.1) is 13.8 Å². The average Bonchev–Trinajstić information content (AvgIpc) is 2.63. The summed E-state index contributed by atoms with van der Waals surface area (Å²) in [7, 11) is 2.09. The number of phenols is 1. The summed E-state index contributed by atoms with van der Waals surface area (Å²) in [6.07, 6.45) is 5.91. The largest absolute Gasteiger partial charge is 0.506 e. The number of hydrogen-bond donors (Lipinski definition) is 1. The van der Waals surface area contributed by atoms with Crippen molar-refractivity contribution in [2.45, 2.75) is 13.8 Å². The summed E-state index contributed by atoms with van der Waals surface area (Å²) in [6, 6.07) is 16.2. The molecule has 4 rings (SSSR count). The molecule has 2 heterocycles. The number of pyridine rings is 2. The van der Waals surface area contributed by atoms with Crippen molar-refractivity contribution >= 4 is 34.0 Å². The lowest BCUT2D eigenvalue weighted by Gasteiger charge is -2.05. The van der Waals surface area contributed by atoms with Crippen LogP contribution in [0.3, 0.4) is 0 Å². The lowest BCUT2D eigenvalue weighted by Crippen LogP contribution is -2.32. The van der Waals surface area contributed by atoms with Gasteiger partial charge in [-0.15, -0.1) is 0 Å². The van der Waals surface area contributed by atoms with Gasteiger partial charge in [0.2, 0.25) is 11.2 Å². The lowest BCUT2D eigenvalue weighted by molar-refractivity contribution is -0.646. The first-order valence-corrected chi connectivity index (χ1v) is 8.69. The van der Waals surface area contributed by atoms with Gasteiger partial charge < -0.3 is 5.11 Å². The van der Waals surface area contributed by atoms with E-state index in [1.807, 2.05) is 18.2 Å². The Morgan fingerprint density at radius 3 is 2.62 bits per heavy atom. The van der Waals surface area contributed by atoms with E-state index in [2.05, 4.69) is 66.9 Å². The van der Waals surface area contributed by atoms with Gasteiger partial charge in [-0.2, -0.15) is 4.57 Å². The van der Waals surface area contributed by atoms with Crippen molar-refractivity contribution in [3.63, 3.8) is 0 Å². The molecule has 0 atom stereocenters. The van der Waals surface area contributed by atoms with E-state index in [1.165, 1.54) is 22.0 Å². The van der Waals surface area contributed by atoms with Gasteiger partial charge in [0.15, 0.2) is 0 Å². The zero-order valence-corrected chi connectivity index (χ0v) is 15.2. The van der Waals surface area contributed by atoms with E-state index in [9.17, 15) is 5.11 Å². The van der Waals surface area contributed by atoms with Crippen LogP contribution in [0.15, 0.2) is 54.7 Å². The van der Waals surface area contributed by atoms with Gasteiger partial charge >= 0.3 is 0 Å². The van der Waals surface area contributed by atoms with Crippen LogP contribution in [0.5, 0.6) is 5.75 Å². The predicted molar refractivity (Wildman–Crippen MR) is 107 cm³/mol. The molecule has 1 N–H and O–H groups in total.